The second-order valence-electron chi connectivity index (χ2n) is 6.64. The molecular weight excluding hydrogens is 360 g/mol. The van der Waals surface area contributed by atoms with E-state index in [0.29, 0.717) is 18.7 Å². The molecule has 1 aliphatic rings. The number of likely N-dealkylation sites (tertiary alicyclic amines) is 1. The van der Waals surface area contributed by atoms with Crippen molar-refractivity contribution in [3.63, 3.8) is 0 Å². The minimum Gasteiger partial charge on any atom is -0.452 e. The molecule has 2 heterocycles. The van der Waals surface area contributed by atoms with Crippen LogP contribution >= 0.6 is 11.3 Å². The van der Waals surface area contributed by atoms with E-state index in [9.17, 15) is 9.59 Å². The molecule has 0 spiro atoms. The predicted molar refractivity (Wildman–Crippen MR) is 105 cm³/mol. The van der Waals surface area contributed by atoms with Gasteiger partial charge in [0, 0.05) is 19.0 Å². The highest BCUT2D eigenvalue weighted by molar-refractivity contribution is 7.18. The molecule has 2 aromatic carbocycles. The zero-order chi connectivity index (χ0) is 18.6. The molecule has 0 N–H and O–H groups in total. The molecule has 1 fully saturated rings. The van der Waals surface area contributed by atoms with Gasteiger partial charge in [-0.2, -0.15) is 0 Å². The fourth-order valence-electron chi connectivity index (χ4n) is 3.35. The van der Waals surface area contributed by atoms with Crippen LogP contribution in [0.15, 0.2) is 54.6 Å². The Kier molecular flexibility index (Phi) is 5.16. The molecule has 138 valence electrons. The van der Waals surface area contributed by atoms with Gasteiger partial charge < -0.3 is 9.64 Å². The van der Waals surface area contributed by atoms with Crippen LogP contribution in [0.5, 0.6) is 0 Å². The molecule has 4 rings (SSSR count). The number of ether oxygens (including phenoxy) is 1. The van der Waals surface area contributed by atoms with E-state index in [0.717, 1.165) is 23.4 Å². The van der Waals surface area contributed by atoms with E-state index in [2.05, 4.69) is 6.07 Å². The van der Waals surface area contributed by atoms with Gasteiger partial charge in [0.15, 0.2) is 6.61 Å². The highest BCUT2D eigenvalue weighted by Crippen LogP contribution is 2.32. The number of nitrogens with zero attached hydrogens (tertiary/aromatic N) is 2. The number of para-hydroxylation sites is 1. The number of rotatable bonds is 4. The van der Waals surface area contributed by atoms with Crippen LogP contribution in [0.3, 0.4) is 0 Å². The molecule has 3 aromatic rings. The number of piperidine rings is 1. The van der Waals surface area contributed by atoms with E-state index in [4.69, 9.17) is 9.72 Å². The van der Waals surface area contributed by atoms with E-state index in [1.54, 1.807) is 40.5 Å². The van der Waals surface area contributed by atoms with Gasteiger partial charge in [-0.25, -0.2) is 9.78 Å². The zero-order valence-electron chi connectivity index (χ0n) is 14.8. The molecule has 1 atom stereocenters. The second-order valence-corrected chi connectivity index (χ2v) is 7.70. The standard InChI is InChI=1S/C21H20N2O3S/c24-19(14-26-21(25)15-7-2-1-3-8-15)23-12-6-9-16(13-23)20-22-17-10-4-5-11-18(17)27-20/h1-5,7-8,10-11,16H,6,9,12-14H2/t16-/m0/s1. The third kappa shape index (κ3) is 4.01. The van der Waals surface area contributed by atoms with Gasteiger partial charge in [0.25, 0.3) is 5.91 Å². The van der Waals surface area contributed by atoms with E-state index in [1.165, 1.54) is 4.70 Å². The summed E-state index contributed by atoms with van der Waals surface area (Å²) in [5.41, 5.74) is 1.47. The molecule has 0 saturated carbocycles. The van der Waals surface area contributed by atoms with Crippen molar-refractivity contribution < 1.29 is 14.3 Å². The molecule has 5 nitrogen and oxygen atoms in total. The molecule has 1 saturated heterocycles. The largest absolute Gasteiger partial charge is 0.452 e. The Morgan fingerprint density at radius 2 is 1.89 bits per heavy atom. The summed E-state index contributed by atoms with van der Waals surface area (Å²) < 4.78 is 6.36. The van der Waals surface area contributed by atoms with Gasteiger partial charge in [-0.05, 0) is 37.1 Å². The van der Waals surface area contributed by atoms with Gasteiger partial charge in [-0.15, -0.1) is 11.3 Å². The molecule has 0 unspecified atom stereocenters. The molecule has 1 aromatic heterocycles. The Hall–Kier alpha value is -2.73. The minimum absolute atomic E-state index is 0.148. The van der Waals surface area contributed by atoms with Gasteiger partial charge in [0.05, 0.1) is 20.8 Å². The van der Waals surface area contributed by atoms with Crippen molar-refractivity contribution in [2.45, 2.75) is 18.8 Å². The highest BCUT2D eigenvalue weighted by Gasteiger charge is 2.27. The van der Waals surface area contributed by atoms with E-state index < -0.39 is 5.97 Å². The summed E-state index contributed by atoms with van der Waals surface area (Å²) >= 11 is 1.70. The molecule has 0 bridgehead atoms. The van der Waals surface area contributed by atoms with Crippen molar-refractivity contribution in [1.29, 1.82) is 0 Å². The minimum atomic E-state index is -0.469. The number of benzene rings is 2. The fourth-order valence-corrected chi connectivity index (χ4v) is 4.44. The Morgan fingerprint density at radius 3 is 2.70 bits per heavy atom. The van der Waals surface area contributed by atoms with E-state index >= 15 is 0 Å². The number of esters is 1. The van der Waals surface area contributed by atoms with Crippen LogP contribution in [-0.2, 0) is 9.53 Å². The Bertz CT molecular complexity index is 921. The number of hydrogen-bond donors (Lipinski definition) is 0. The first kappa shape index (κ1) is 17.7. The summed E-state index contributed by atoms with van der Waals surface area (Å²) in [4.78, 5) is 31.1. The average molecular weight is 380 g/mol. The summed E-state index contributed by atoms with van der Waals surface area (Å²) in [6, 6.07) is 16.8. The van der Waals surface area contributed by atoms with Gasteiger partial charge in [0.1, 0.15) is 0 Å². The third-order valence-electron chi connectivity index (χ3n) is 4.77. The number of fused-ring (bicyclic) bond motifs is 1. The normalized spacial score (nSPS) is 17.0. The first-order valence-corrected chi connectivity index (χ1v) is 9.88. The second kappa shape index (κ2) is 7.88. The Labute approximate surface area is 161 Å². The maximum atomic E-state index is 12.5. The van der Waals surface area contributed by atoms with Crippen molar-refractivity contribution in [3.05, 3.63) is 65.2 Å². The lowest BCUT2D eigenvalue weighted by Gasteiger charge is -2.31. The van der Waals surface area contributed by atoms with Gasteiger partial charge in [0.2, 0.25) is 0 Å². The lowest BCUT2D eigenvalue weighted by molar-refractivity contribution is -0.135. The Morgan fingerprint density at radius 1 is 1.11 bits per heavy atom. The zero-order valence-corrected chi connectivity index (χ0v) is 15.7. The Balaban J connectivity index is 1.37. The lowest BCUT2D eigenvalue weighted by Crippen LogP contribution is -2.41. The summed E-state index contributed by atoms with van der Waals surface area (Å²) in [5, 5.41) is 1.08. The van der Waals surface area contributed by atoms with Gasteiger partial charge in [-0.3, -0.25) is 4.79 Å². The summed E-state index contributed by atoms with van der Waals surface area (Å²) in [7, 11) is 0. The van der Waals surface area contributed by atoms with Gasteiger partial charge >= 0.3 is 5.97 Å². The smallest absolute Gasteiger partial charge is 0.338 e. The van der Waals surface area contributed by atoms with Crippen LogP contribution < -0.4 is 0 Å². The van der Waals surface area contributed by atoms with Crippen LogP contribution in [0.1, 0.15) is 34.1 Å². The quantitative estimate of drug-likeness (QED) is 0.645. The maximum Gasteiger partial charge on any atom is 0.338 e. The third-order valence-corrected chi connectivity index (χ3v) is 5.97. The monoisotopic (exact) mass is 380 g/mol. The van der Waals surface area contributed by atoms with Crippen LogP contribution in [0.25, 0.3) is 10.2 Å². The molecule has 27 heavy (non-hydrogen) atoms. The lowest BCUT2D eigenvalue weighted by atomic mass is 9.99. The summed E-state index contributed by atoms with van der Waals surface area (Å²) in [6.07, 6.45) is 1.95. The number of carbonyl (C=O) groups excluding carboxylic acids is 2. The van der Waals surface area contributed by atoms with Crippen molar-refractivity contribution in [1.82, 2.24) is 9.88 Å². The van der Waals surface area contributed by atoms with Crippen molar-refractivity contribution in [2.24, 2.45) is 0 Å². The van der Waals surface area contributed by atoms with Crippen LogP contribution in [0, 0.1) is 0 Å². The van der Waals surface area contributed by atoms with Crippen LogP contribution in [-0.4, -0.2) is 41.5 Å². The van der Waals surface area contributed by atoms with Crippen molar-refractivity contribution in [3.8, 4) is 0 Å². The maximum absolute atomic E-state index is 12.5. The number of carbonyl (C=O) groups is 2. The number of thiazole rings is 1. The van der Waals surface area contributed by atoms with E-state index in [-0.39, 0.29) is 18.4 Å². The first-order valence-electron chi connectivity index (χ1n) is 9.06. The molecule has 1 amide bonds. The van der Waals surface area contributed by atoms with Gasteiger partial charge in [-0.1, -0.05) is 30.3 Å². The predicted octanol–water partition coefficient (Wildman–Crippen LogP) is 3.86. The molecule has 0 aliphatic carbocycles. The number of aromatic nitrogens is 1. The van der Waals surface area contributed by atoms with Crippen LogP contribution in [0.4, 0.5) is 0 Å². The number of hydrogen-bond acceptors (Lipinski definition) is 5. The molecule has 1 aliphatic heterocycles. The summed E-state index contributed by atoms with van der Waals surface area (Å²) in [6.45, 7) is 1.10. The van der Waals surface area contributed by atoms with Crippen molar-refractivity contribution in [2.75, 3.05) is 19.7 Å². The average Bonchev–Trinajstić information content (AvgIpc) is 3.17. The van der Waals surface area contributed by atoms with Crippen molar-refractivity contribution >= 4 is 33.4 Å². The topological polar surface area (TPSA) is 59.5 Å². The fraction of sp³-hybridized carbons (Fsp3) is 0.286. The SMILES string of the molecule is O=C(OCC(=O)N1CCC[C@H](c2nc3ccccc3s2)C1)c1ccccc1. The highest BCUT2D eigenvalue weighted by atomic mass is 32.1. The molecule has 6 heteroatoms. The van der Waals surface area contributed by atoms with Crippen LogP contribution in [0.2, 0.25) is 0 Å². The van der Waals surface area contributed by atoms with E-state index in [1.807, 2.05) is 24.3 Å². The number of amides is 1. The molecule has 0 radical (unpaired) electrons. The molecular formula is C21H20N2O3S. The summed E-state index contributed by atoms with van der Waals surface area (Å²) in [5.74, 6) is -0.376. The first-order chi connectivity index (χ1) is 13.2.